The van der Waals surface area contributed by atoms with Gasteiger partial charge in [0.05, 0.1) is 19.7 Å². The van der Waals surface area contributed by atoms with Gasteiger partial charge in [-0.15, -0.1) is 0 Å². The monoisotopic (exact) mass is 284 g/mol. The smallest absolute Gasteiger partial charge is 0.180 e. The lowest BCUT2D eigenvalue weighted by atomic mass is 10.2. The molecule has 0 radical (unpaired) electrons. The topological polar surface area (TPSA) is 72.1 Å². The van der Waals surface area contributed by atoms with E-state index in [-0.39, 0.29) is 0 Å². The van der Waals surface area contributed by atoms with Crippen LogP contribution in [-0.4, -0.2) is 36.2 Å². The van der Waals surface area contributed by atoms with Gasteiger partial charge in [0.15, 0.2) is 5.65 Å². The second-order valence-corrected chi connectivity index (χ2v) is 4.50. The van der Waals surface area contributed by atoms with Crippen LogP contribution in [0.4, 0.5) is 5.82 Å². The first-order chi connectivity index (χ1) is 10.2. The first kappa shape index (κ1) is 13.2. The predicted octanol–water partition coefficient (Wildman–Crippen LogP) is 2.68. The third-order valence-corrected chi connectivity index (χ3v) is 3.23. The number of rotatable bonds is 4. The Morgan fingerprint density at radius 1 is 1.00 bits per heavy atom. The third kappa shape index (κ3) is 2.47. The summed E-state index contributed by atoms with van der Waals surface area (Å²) in [6.07, 6.45) is 0. The van der Waals surface area contributed by atoms with Crippen molar-refractivity contribution in [1.82, 2.24) is 15.0 Å². The number of benzene rings is 1. The molecule has 0 aliphatic rings. The lowest BCUT2D eigenvalue weighted by molar-refractivity contribution is 0.394. The van der Waals surface area contributed by atoms with E-state index >= 15 is 0 Å². The van der Waals surface area contributed by atoms with Gasteiger partial charge in [-0.2, -0.15) is 0 Å². The molecular formula is C15H16N4O2. The van der Waals surface area contributed by atoms with Gasteiger partial charge in [0, 0.05) is 18.7 Å². The minimum absolute atomic E-state index is 0.665. The molecule has 0 unspecified atom stereocenters. The van der Waals surface area contributed by atoms with Gasteiger partial charge in [-0.05, 0) is 24.3 Å². The molecule has 0 fully saturated rings. The van der Waals surface area contributed by atoms with Gasteiger partial charge in [-0.25, -0.2) is 9.97 Å². The molecule has 0 saturated carbocycles. The summed E-state index contributed by atoms with van der Waals surface area (Å²) in [7, 11) is 5.07. The van der Waals surface area contributed by atoms with Gasteiger partial charge < -0.3 is 19.8 Å². The van der Waals surface area contributed by atoms with Gasteiger partial charge in [0.2, 0.25) is 0 Å². The minimum Gasteiger partial charge on any atom is -0.497 e. The van der Waals surface area contributed by atoms with Crippen LogP contribution < -0.4 is 14.8 Å². The van der Waals surface area contributed by atoms with E-state index in [4.69, 9.17) is 9.47 Å². The highest BCUT2D eigenvalue weighted by Gasteiger charge is 2.10. The van der Waals surface area contributed by atoms with E-state index in [1.165, 1.54) is 0 Å². The van der Waals surface area contributed by atoms with Crippen LogP contribution in [0.15, 0.2) is 30.3 Å². The minimum atomic E-state index is 0.665. The maximum atomic E-state index is 5.28. The molecule has 0 atom stereocenters. The van der Waals surface area contributed by atoms with Gasteiger partial charge in [0.1, 0.15) is 23.1 Å². The Labute approximate surface area is 122 Å². The van der Waals surface area contributed by atoms with Gasteiger partial charge in [-0.3, -0.25) is 0 Å². The van der Waals surface area contributed by atoms with E-state index < -0.39 is 0 Å². The number of aromatic amines is 1. The number of nitrogens with one attached hydrogen (secondary N) is 2. The Bertz CT molecular complexity index is 760. The van der Waals surface area contributed by atoms with E-state index in [0.29, 0.717) is 17.1 Å². The zero-order chi connectivity index (χ0) is 14.8. The highest BCUT2D eigenvalue weighted by atomic mass is 16.5. The molecule has 1 aromatic carbocycles. The van der Waals surface area contributed by atoms with Gasteiger partial charge in [0.25, 0.3) is 0 Å². The number of methoxy groups -OCH3 is 2. The molecule has 3 aromatic rings. The van der Waals surface area contributed by atoms with Crippen molar-refractivity contribution >= 4 is 17.0 Å². The molecule has 6 nitrogen and oxygen atoms in total. The van der Waals surface area contributed by atoms with Crippen molar-refractivity contribution in [3.63, 3.8) is 0 Å². The Hall–Kier alpha value is -2.76. The van der Waals surface area contributed by atoms with Crippen LogP contribution in [0.5, 0.6) is 11.5 Å². The van der Waals surface area contributed by atoms with Crippen molar-refractivity contribution in [2.75, 3.05) is 26.6 Å². The Kier molecular flexibility index (Phi) is 3.35. The zero-order valence-corrected chi connectivity index (χ0v) is 12.1. The second kappa shape index (κ2) is 5.32. The van der Waals surface area contributed by atoms with Crippen LogP contribution in [0.25, 0.3) is 22.6 Å². The Morgan fingerprint density at radius 3 is 2.33 bits per heavy atom. The summed E-state index contributed by atoms with van der Waals surface area (Å²) < 4.78 is 10.6. The van der Waals surface area contributed by atoms with Crippen LogP contribution >= 0.6 is 0 Å². The van der Waals surface area contributed by atoms with Crippen molar-refractivity contribution in [2.45, 2.75) is 0 Å². The number of imidazole rings is 1. The molecule has 0 aliphatic heterocycles. The summed E-state index contributed by atoms with van der Waals surface area (Å²) in [5.41, 5.74) is 2.43. The van der Waals surface area contributed by atoms with Gasteiger partial charge in [-0.1, -0.05) is 0 Å². The van der Waals surface area contributed by atoms with Gasteiger partial charge >= 0.3 is 0 Å². The number of H-pyrrole nitrogens is 1. The van der Waals surface area contributed by atoms with Crippen LogP contribution in [0, 0.1) is 0 Å². The second-order valence-electron chi connectivity index (χ2n) is 4.50. The number of ether oxygens (including phenoxy) is 2. The molecule has 21 heavy (non-hydrogen) atoms. The number of hydrogen-bond donors (Lipinski definition) is 2. The molecule has 0 amide bonds. The molecule has 2 heterocycles. The number of fused-ring (bicyclic) bond motifs is 1. The fourth-order valence-electron chi connectivity index (χ4n) is 2.11. The first-order valence-corrected chi connectivity index (χ1v) is 6.51. The Morgan fingerprint density at radius 2 is 1.71 bits per heavy atom. The molecule has 2 aromatic heterocycles. The molecular weight excluding hydrogens is 268 g/mol. The quantitative estimate of drug-likeness (QED) is 0.770. The molecule has 6 heteroatoms. The summed E-state index contributed by atoms with van der Waals surface area (Å²) in [6, 6.07) is 9.47. The molecule has 0 spiro atoms. The van der Waals surface area contributed by atoms with Crippen molar-refractivity contribution in [1.29, 1.82) is 0 Å². The van der Waals surface area contributed by atoms with E-state index in [0.717, 1.165) is 22.7 Å². The van der Waals surface area contributed by atoms with Crippen molar-refractivity contribution in [3.8, 4) is 22.9 Å². The molecule has 3 rings (SSSR count). The number of hydrogen-bond acceptors (Lipinski definition) is 5. The average Bonchev–Trinajstić information content (AvgIpc) is 2.97. The third-order valence-electron chi connectivity index (χ3n) is 3.23. The predicted molar refractivity (Wildman–Crippen MR) is 82.0 cm³/mol. The van der Waals surface area contributed by atoms with Crippen molar-refractivity contribution < 1.29 is 9.47 Å². The van der Waals surface area contributed by atoms with Crippen LogP contribution in [0.1, 0.15) is 0 Å². The van der Waals surface area contributed by atoms with Crippen LogP contribution in [0.3, 0.4) is 0 Å². The molecule has 0 bridgehead atoms. The highest BCUT2D eigenvalue weighted by molar-refractivity contribution is 5.78. The van der Waals surface area contributed by atoms with E-state index in [1.807, 2.05) is 37.4 Å². The van der Waals surface area contributed by atoms with Crippen molar-refractivity contribution in [2.24, 2.45) is 0 Å². The summed E-state index contributed by atoms with van der Waals surface area (Å²) in [5, 5.41) is 3.00. The SMILES string of the molecule is CNc1ccc2[nH]c(-c3cc(OC)cc(OC)c3)nc2n1. The molecule has 108 valence electrons. The number of aromatic nitrogens is 3. The maximum Gasteiger partial charge on any atom is 0.180 e. The maximum absolute atomic E-state index is 5.28. The van der Waals surface area contributed by atoms with Crippen molar-refractivity contribution in [3.05, 3.63) is 30.3 Å². The average molecular weight is 284 g/mol. The highest BCUT2D eigenvalue weighted by Crippen LogP contribution is 2.29. The van der Waals surface area contributed by atoms with E-state index in [1.54, 1.807) is 14.2 Å². The normalized spacial score (nSPS) is 10.6. The molecule has 0 aliphatic carbocycles. The fourth-order valence-corrected chi connectivity index (χ4v) is 2.11. The van der Waals surface area contributed by atoms with Crippen LogP contribution in [-0.2, 0) is 0 Å². The number of pyridine rings is 1. The Balaban J connectivity index is 2.11. The number of anilines is 1. The summed E-state index contributed by atoms with van der Waals surface area (Å²) in [5.74, 6) is 2.94. The zero-order valence-electron chi connectivity index (χ0n) is 12.1. The summed E-state index contributed by atoms with van der Waals surface area (Å²) in [6.45, 7) is 0. The van der Waals surface area contributed by atoms with E-state index in [9.17, 15) is 0 Å². The lowest BCUT2D eigenvalue weighted by Gasteiger charge is -2.06. The molecule has 2 N–H and O–H groups in total. The van der Waals surface area contributed by atoms with E-state index in [2.05, 4.69) is 20.3 Å². The fraction of sp³-hybridized carbons (Fsp3) is 0.200. The largest absolute Gasteiger partial charge is 0.497 e. The summed E-state index contributed by atoms with van der Waals surface area (Å²) in [4.78, 5) is 12.2. The summed E-state index contributed by atoms with van der Waals surface area (Å²) >= 11 is 0. The molecule has 0 saturated heterocycles. The van der Waals surface area contributed by atoms with Crippen LogP contribution in [0.2, 0.25) is 0 Å². The number of nitrogens with zero attached hydrogens (tertiary/aromatic N) is 2. The standard InChI is InChI=1S/C15H16N4O2/c1-16-13-5-4-12-15(18-13)19-14(17-12)9-6-10(20-2)8-11(7-9)21-3/h4-8H,1-3H3,(H2,16,17,18,19). The first-order valence-electron chi connectivity index (χ1n) is 6.51. The lowest BCUT2D eigenvalue weighted by Crippen LogP contribution is -1.91.